The first kappa shape index (κ1) is 20.5. The van der Waals surface area contributed by atoms with Crippen LogP contribution in [0.15, 0.2) is 54.2 Å². The molecule has 1 atom stereocenters. The lowest BCUT2D eigenvalue weighted by atomic mass is 9.98. The summed E-state index contributed by atoms with van der Waals surface area (Å²) in [7, 11) is 5.62. The number of Topliss-reactive ketones (excluding diaryl/α,β-unsaturated/α-hetero) is 1. The maximum absolute atomic E-state index is 12.9. The summed E-state index contributed by atoms with van der Waals surface area (Å²) in [6.07, 6.45) is 2.36. The lowest BCUT2D eigenvalue weighted by Crippen LogP contribution is -3.05. The molecule has 3 rings (SSSR count). The molecule has 7 nitrogen and oxygen atoms in total. The lowest BCUT2D eigenvalue weighted by molar-refractivity contribution is -0.858. The van der Waals surface area contributed by atoms with Crippen molar-refractivity contribution in [1.29, 1.82) is 0 Å². The zero-order valence-electron chi connectivity index (χ0n) is 16.9. The molecule has 1 fully saturated rings. The number of aliphatic hydroxyl groups is 1. The Morgan fingerprint density at radius 1 is 1.17 bits per heavy atom. The molecule has 0 spiro atoms. The summed E-state index contributed by atoms with van der Waals surface area (Å²) in [6.45, 7) is 1.27. The van der Waals surface area contributed by atoms with E-state index in [4.69, 9.17) is 4.74 Å². The summed E-state index contributed by atoms with van der Waals surface area (Å²) in [5.41, 5.74) is 1.07. The summed E-state index contributed by atoms with van der Waals surface area (Å²) in [6, 6.07) is 11.3. The van der Waals surface area contributed by atoms with Crippen LogP contribution in [0.4, 0.5) is 0 Å². The van der Waals surface area contributed by atoms with Crippen molar-refractivity contribution in [3.8, 4) is 5.75 Å². The van der Waals surface area contributed by atoms with Crippen LogP contribution in [0, 0.1) is 0 Å². The molecule has 1 amide bonds. The molecule has 0 aliphatic carbocycles. The second-order valence-corrected chi connectivity index (χ2v) is 7.29. The van der Waals surface area contributed by atoms with E-state index in [0.29, 0.717) is 23.6 Å². The van der Waals surface area contributed by atoms with Crippen LogP contribution in [0.25, 0.3) is 5.76 Å². The van der Waals surface area contributed by atoms with Gasteiger partial charge in [-0.25, -0.2) is 0 Å². The van der Waals surface area contributed by atoms with Crippen molar-refractivity contribution in [3.05, 3.63) is 65.5 Å². The zero-order valence-corrected chi connectivity index (χ0v) is 16.9. The number of hydrogen-bond acceptors (Lipinski definition) is 5. The van der Waals surface area contributed by atoms with Crippen LogP contribution in [-0.4, -0.2) is 61.0 Å². The van der Waals surface area contributed by atoms with Gasteiger partial charge in [0.05, 0.1) is 39.0 Å². The van der Waals surface area contributed by atoms with Crippen LogP contribution < -0.4 is 9.64 Å². The van der Waals surface area contributed by atoms with Gasteiger partial charge in [0.15, 0.2) is 0 Å². The molecular formula is C22H26N3O4+. The Morgan fingerprint density at radius 3 is 2.48 bits per heavy atom. The number of likely N-dealkylation sites (tertiary alicyclic amines) is 1. The first-order valence-electron chi connectivity index (χ1n) is 9.57. The van der Waals surface area contributed by atoms with Crippen LogP contribution in [0.3, 0.4) is 0 Å². The minimum atomic E-state index is -0.713. The number of pyridine rings is 1. The smallest absolute Gasteiger partial charge is 0.295 e. The van der Waals surface area contributed by atoms with Crippen molar-refractivity contribution >= 4 is 17.4 Å². The van der Waals surface area contributed by atoms with Crippen LogP contribution in [0.5, 0.6) is 5.75 Å². The number of rotatable bonds is 7. The maximum Gasteiger partial charge on any atom is 0.295 e. The number of ether oxygens (including phenoxy) is 1. The number of carbonyl (C=O) groups excluding carboxylic acids is 2. The average Bonchev–Trinajstić information content (AvgIpc) is 2.98. The van der Waals surface area contributed by atoms with E-state index in [2.05, 4.69) is 4.98 Å². The number of aromatic nitrogens is 1. The van der Waals surface area contributed by atoms with Crippen LogP contribution in [-0.2, 0) is 9.59 Å². The number of quaternary nitrogens is 1. The van der Waals surface area contributed by atoms with E-state index in [0.717, 1.165) is 13.0 Å². The van der Waals surface area contributed by atoms with Gasteiger partial charge in [-0.3, -0.25) is 14.6 Å². The highest BCUT2D eigenvalue weighted by Crippen LogP contribution is 2.38. The number of ketones is 1. The third-order valence-electron chi connectivity index (χ3n) is 4.95. The molecule has 1 saturated heterocycles. The van der Waals surface area contributed by atoms with Gasteiger partial charge in [0.2, 0.25) is 0 Å². The van der Waals surface area contributed by atoms with Crippen molar-refractivity contribution in [3.63, 3.8) is 0 Å². The molecule has 0 bridgehead atoms. The minimum absolute atomic E-state index is 0.0658. The summed E-state index contributed by atoms with van der Waals surface area (Å²) in [5, 5.41) is 10.9. The standard InChI is InChI=1S/C22H25N3O4/c1-24(2)13-6-14-25-19(17-7-4-5-12-23-17)18(21(27)22(25)28)20(26)15-8-10-16(29-3)11-9-15/h4-5,7-12,19,26H,6,13-14H2,1-3H3/p+1. The molecule has 7 heteroatoms. The van der Waals surface area contributed by atoms with Crippen molar-refractivity contribution in [2.75, 3.05) is 34.3 Å². The number of hydrogen-bond donors (Lipinski definition) is 2. The van der Waals surface area contributed by atoms with Crippen molar-refractivity contribution in [2.45, 2.75) is 12.5 Å². The number of methoxy groups -OCH3 is 1. The fourth-order valence-corrected chi connectivity index (χ4v) is 3.46. The fourth-order valence-electron chi connectivity index (χ4n) is 3.46. The summed E-state index contributed by atoms with van der Waals surface area (Å²) in [5.74, 6) is -0.868. The van der Waals surface area contributed by atoms with Gasteiger partial charge in [-0.05, 0) is 36.4 Å². The van der Waals surface area contributed by atoms with Gasteiger partial charge >= 0.3 is 0 Å². The Labute approximate surface area is 170 Å². The third-order valence-corrected chi connectivity index (χ3v) is 4.95. The number of nitrogens with one attached hydrogen (secondary N) is 1. The molecule has 1 aromatic heterocycles. The molecule has 0 radical (unpaired) electrons. The Kier molecular flexibility index (Phi) is 6.29. The van der Waals surface area contributed by atoms with E-state index in [1.165, 1.54) is 9.80 Å². The van der Waals surface area contributed by atoms with Crippen LogP contribution in [0.1, 0.15) is 23.7 Å². The maximum atomic E-state index is 12.9. The highest BCUT2D eigenvalue weighted by molar-refractivity contribution is 6.46. The van der Waals surface area contributed by atoms with Gasteiger partial charge in [-0.2, -0.15) is 0 Å². The van der Waals surface area contributed by atoms with Crippen LogP contribution in [0.2, 0.25) is 0 Å². The predicted octanol–water partition coefficient (Wildman–Crippen LogP) is 1.05. The van der Waals surface area contributed by atoms with E-state index < -0.39 is 17.7 Å². The Bertz CT molecular complexity index is 907. The van der Waals surface area contributed by atoms with Gasteiger partial charge in [0.25, 0.3) is 11.7 Å². The topological polar surface area (TPSA) is 84.2 Å². The number of carbonyl (C=O) groups is 2. The molecule has 1 unspecified atom stereocenters. The van der Waals surface area contributed by atoms with E-state index in [1.807, 2.05) is 14.1 Å². The van der Waals surface area contributed by atoms with E-state index in [9.17, 15) is 14.7 Å². The zero-order chi connectivity index (χ0) is 21.0. The second kappa shape index (κ2) is 8.87. The minimum Gasteiger partial charge on any atom is -0.507 e. The lowest BCUT2D eigenvalue weighted by Gasteiger charge is -2.24. The molecule has 152 valence electrons. The molecule has 1 aromatic carbocycles. The summed E-state index contributed by atoms with van der Waals surface area (Å²) < 4.78 is 5.14. The molecule has 2 aromatic rings. The Morgan fingerprint density at radius 2 is 1.90 bits per heavy atom. The van der Waals surface area contributed by atoms with Gasteiger partial charge in [0, 0.05) is 24.7 Å². The third kappa shape index (κ3) is 4.30. The summed E-state index contributed by atoms with van der Waals surface area (Å²) in [4.78, 5) is 32.8. The normalized spacial score (nSPS) is 18.5. The first-order valence-corrected chi connectivity index (χ1v) is 9.57. The Balaban J connectivity index is 2.05. The Hall–Kier alpha value is -3.19. The second-order valence-electron chi connectivity index (χ2n) is 7.29. The predicted molar refractivity (Wildman–Crippen MR) is 109 cm³/mol. The van der Waals surface area contributed by atoms with Gasteiger partial charge in [-0.1, -0.05) is 6.07 Å². The summed E-state index contributed by atoms with van der Waals surface area (Å²) >= 11 is 0. The largest absolute Gasteiger partial charge is 0.507 e. The molecular weight excluding hydrogens is 370 g/mol. The molecule has 0 saturated carbocycles. The monoisotopic (exact) mass is 396 g/mol. The molecule has 29 heavy (non-hydrogen) atoms. The van der Waals surface area contributed by atoms with Gasteiger partial charge in [-0.15, -0.1) is 0 Å². The van der Waals surface area contributed by atoms with E-state index in [1.54, 1.807) is 55.8 Å². The van der Waals surface area contributed by atoms with E-state index >= 15 is 0 Å². The fraction of sp³-hybridized carbons (Fsp3) is 0.318. The quantitative estimate of drug-likeness (QED) is 0.415. The molecule has 1 aliphatic heterocycles. The molecule has 1 aliphatic rings. The van der Waals surface area contributed by atoms with Crippen molar-refractivity contribution in [2.24, 2.45) is 0 Å². The van der Waals surface area contributed by atoms with Gasteiger partial charge in [0.1, 0.15) is 17.6 Å². The molecule has 2 N–H and O–H groups in total. The highest BCUT2D eigenvalue weighted by Gasteiger charge is 2.46. The van der Waals surface area contributed by atoms with Gasteiger partial charge < -0.3 is 19.6 Å². The van der Waals surface area contributed by atoms with Crippen molar-refractivity contribution < 1.29 is 24.3 Å². The first-order chi connectivity index (χ1) is 13.9. The van der Waals surface area contributed by atoms with Crippen LogP contribution >= 0.6 is 0 Å². The van der Waals surface area contributed by atoms with Crippen molar-refractivity contribution in [1.82, 2.24) is 9.88 Å². The average molecular weight is 396 g/mol. The number of amides is 1. The number of benzene rings is 1. The number of aliphatic hydroxyl groups excluding tert-OH is 1. The highest BCUT2D eigenvalue weighted by atomic mass is 16.5. The molecule has 2 heterocycles. The number of nitrogens with zero attached hydrogens (tertiary/aromatic N) is 2. The van der Waals surface area contributed by atoms with E-state index in [-0.39, 0.29) is 11.3 Å². The SMILES string of the molecule is COc1ccc(C(O)=C2C(=O)C(=O)N(CCC[NH+](C)C)C2c2ccccn2)cc1.